The molecule has 1 N–H and O–H groups in total. The number of amides is 1. The van der Waals surface area contributed by atoms with Crippen LogP contribution in [-0.4, -0.2) is 48.9 Å². The van der Waals surface area contributed by atoms with Crippen LogP contribution < -0.4 is 14.8 Å². The molecule has 2 aliphatic rings. The maximum atomic E-state index is 13.9. The van der Waals surface area contributed by atoms with Gasteiger partial charge in [-0.05, 0) is 69.3 Å². The Bertz CT molecular complexity index is 992. The fourth-order valence-corrected chi connectivity index (χ4v) is 4.15. The van der Waals surface area contributed by atoms with Gasteiger partial charge in [-0.25, -0.2) is 4.39 Å². The van der Waals surface area contributed by atoms with Crippen molar-refractivity contribution in [3.05, 3.63) is 52.8 Å². The topological polar surface area (TPSA) is 67.9 Å². The number of nitrogens with zero attached hydrogens (tertiary/aromatic N) is 1. The Balaban J connectivity index is 1.34. The Morgan fingerprint density at radius 2 is 1.81 bits per heavy atom. The SMILES string of the molecule is CC(C(=O)Nc1cc(Cl)ccc1F)N1CCC(C(=O)c2ccc3c(c2)OCCO3)CC1. The van der Waals surface area contributed by atoms with Gasteiger partial charge in [0.15, 0.2) is 17.3 Å². The van der Waals surface area contributed by atoms with Gasteiger partial charge in [0, 0.05) is 16.5 Å². The minimum Gasteiger partial charge on any atom is -0.486 e. The van der Waals surface area contributed by atoms with Crippen molar-refractivity contribution in [1.29, 1.82) is 0 Å². The molecule has 0 bridgehead atoms. The highest BCUT2D eigenvalue weighted by Gasteiger charge is 2.31. The molecule has 2 heterocycles. The first kappa shape index (κ1) is 21.6. The molecule has 1 saturated heterocycles. The highest BCUT2D eigenvalue weighted by atomic mass is 35.5. The van der Waals surface area contributed by atoms with Crippen LogP contribution >= 0.6 is 11.6 Å². The number of nitrogens with one attached hydrogen (secondary N) is 1. The molecular weight excluding hydrogens is 423 g/mol. The number of carbonyl (C=O) groups excluding carboxylic acids is 2. The molecule has 31 heavy (non-hydrogen) atoms. The summed E-state index contributed by atoms with van der Waals surface area (Å²) in [5, 5.41) is 2.95. The number of benzene rings is 2. The second-order valence-electron chi connectivity index (χ2n) is 7.82. The molecule has 8 heteroatoms. The van der Waals surface area contributed by atoms with Crippen LogP contribution in [0.2, 0.25) is 5.02 Å². The van der Waals surface area contributed by atoms with Crippen molar-refractivity contribution < 1.29 is 23.5 Å². The summed E-state index contributed by atoms with van der Waals surface area (Å²) in [4.78, 5) is 27.6. The van der Waals surface area contributed by atoms with E-state index in [1.807, 2.05) is 4.90 Å². The average molecular weight is 447 g/mol. The second kappa shape index (κ2) is 9.24. The number of hydrogen-bond donors (Lipinski definition) is 1. The van der Waals surface area contributed by atoms with E-state index < -0.39 is 11.9 Å². The van der Waals surface area contributed by atoms with Gasteiger partial charge in [0.2, 0.25) is 5.91 Å². The standard InChI is InChI=1S/C23H24ClFN2O4/c1-14(23(29)26-19-13-17(24)3-4-18(19)25)27-8-6-15(7-9-27)22(28)16-2-5-20-21(12-16)31-11-10-30-20/h2-5,12-15H,6-11H2,1H3,(H,26,29). The quantitative estimate of drug-likeness (QED) is 0.698. The third-order valence-electron chi connectivity index (χ3n) is 5.84. The number of rotatable bonds is 5. The lowest BCUT2D eigenvalue weighted by Gasteiger charge is -2.34. The molecule has 0 aromatic heterocycles. The number of ketones is 1. The van der Waals surface area contributed by atoms with Gasteiger partial charge in [0.05, 0.1) is 11.7 Å². The monoisotopic (exact) mass is 446 g/mol. The number of anilines is 1. The van der Waals surface area contributed by atoms with Crippen molar-refractivity contribution in [1.82, 2.24) is 4.90 Å². The average Bonchev–Trinajstić information content (AvgIpc) is 2.80. The summed E-state index contributed by atoms with van der Waals surface area (Å²) in [6.07, 6.45) is 1.30. The molecule has 2 aromatic carbocycles. The van der Waals surface area contributed by atoms with Gasteiger partial charge in [-0.15, -0.1) is 0 Å². The highest BCUT2D eigenvalue weighted by molar-refractivity contribution is 6.30. The summed E-state index contributed by atoms with van der Waals surface area (Å²) in [5.74, 6) is 0.391. The van der Waals surface area contributed by atoms with Crippen LogP contribution in [0.4, 0.5) is 10.1 Å². The molecule has 1 fully saturated rings. The molecule has 1 unspecified atom stereocenters. The smallest absolute Gasteiger partial charge is 0.241 e. The molecule has 2 aromatic rings. The zero-order valence-corrected chi connectivity index (χ0v) is 18.0. The lowest BCUT2D eigenvalue weighted by molar-refractivity contribution is -0.121. The molecule has 0 aliphatic carbocycles. The van der Waals surface area contributed by atoms with E-state index in [-0.39, 0.29) is 23.3 Å². The Morgan fingerprint density at radius 1 is 1.10 bits per heavy atom. The normalized spacial score (nSPS) is 17.8. The number of hydrogen-bond acceptors (Lipinski definition) is 5. The molecule has 0 saturated carbocycles. The van der Waals surface area contributed by atoms with Gasteiger partial charge >= 0.3 is 0 Å². The van der Waals surface area contributed by atoms with E-state index in [0.29, 0.717) is 61.2 Å². The summed E-state index contributed by atoms with van der Waals surface area (Å²) in [6.45, 7) is 3.97. The Morgan fingerprint density at radius 3 is 2.55 bits per heavy atom. The lowest BCUT2D eigenvalue weighted by atomic mass is 9.88. The van der Waals surface area contributed by atoms with Crippen molar-refractivity contribution in [3.63, 3.8) is 0 Å². The van der Waals surface area contributed by atoms with Gasteiger partial charge in [0.1, 0.15) is 19.0 Å². The van der Waals surface area contributed by atoms with Crippen LogP contribution in [0.3, 0.4) is 0 Å². The highest BCUT2D eigenvalue weighted by Crippen LogP contribution is 2.33. The zero-order chi connectivity index (χ0) is 22.0. The number of carbonyl (C=O) groups is 2. The minimum atomic E-state index is -0.534. The molecule has 6 nitrogen and oxygen atoms in total. The number of piperidine rings is 1. The van der Waals surface area contributed by atoms with Crippen LogP contribution in [0.5, 0.6) is 11.5 Å². The van der Waals surface area contributed by atoms with E-state index in [9.17, 15) is 14.0 Å². The fraction of sp³-hybridized carbons (Fsp3) is 0.391. The maximum absolute atomic E-state index is 13.9. The third kappa shape index (κ3) is 4.83. The van der Waals surface area contributed by atoms with Crippen molar-refractivity contribution in [3.8, 4) is 11.5 Å². The zero-order valence-electron chi connectivity index (χ0n) is 17.2. The van der Waals surface area contributed by atoms with E-state index in [1.54, 1.807) is 25.1 Å². The summed E-state index contributed by atoms with van der Waals surface area (Å²) in [6, 6.07) is 8.88. The first-order valence-electron chi connectivity index (χ1n) is 10.4. The number of likely N-dealkylation sites (tertiary alicyclic amines) is 1. The molecular formula is C23H24ClFN2O4. The second-order valence-corrected chi connectivity index (χ2v) is 8.26. The Labute approximate surface area is 185 Å². The van der Waals surface area contributed by atoms with Gasteiger partial charge in [-0.2, -0.15) is 0 Å². The number of Topliss-reactive ketones (excluding diaryl/α,β-unsaturated/α-hetero) is 1. The van der Waals surface area contributed by atoms with Gasteiger partial charge in [0.25, 0.3) is 0 Å². The lowest BCUT2D eigenvalue weighted by Crippen LogP contribution is -2.47. The van der Waals surface area contributed by atoms with Crippen LogP contribution in [0.25, 0.3) is 0 Å². The number of halogens is 2. The van der Waals surface area contributed by atoms with Crippen molar-refractivity contribution >= 4 is 29.0 Å². The largest absolute Gasteiger partial charge is 0.486 e. The van der Waals surface area contributed by atoms with E-state index in [1.165, 1.54) is 18.2 Å². The third-order valence-corrected chi connectivity index (χ3v) is 6.08. The van der Waals surface area contributed by atoms with Crippen LogP contribution in [0, 0.1) is 11.7 Å². The molecule has 2 aliphatic heterocycles. The van der Waals surface area contributed by atoms with Crippen molar-refractivity contribution in [2.24, 2.45) is 5.92 Å². The predicted octanol–water partition coefficient (Wildman–Crippen LogP) is 4.17. The molecule has 164 valence electrons. The van der Waals surface area contributed by atoms with Gasteiger partial charge in [-0.3, -0.25) is 14.5 Å². The first-order valence-corrected chi connectivity index (χ1v) is 10.7. The van der Waals surface area contributed by atoms with Crippen molar-refractivity contribution in [2.75, 3.05) is 31.6 Å². The van der Waals surface area contributed by atoms with E-state index in [4.69, 9.17) is 21.1 Å². The van der Waals surface area contributed by atoms with Crippen LogP contribution in [-0.2, 0) is 4.79 Å². The first-order chi connectivity index (χ1) is 14.9. The van der Waals surface area contributed by atoms with E-state index in [2.05, 4.69) is 5.32 Å². The number of fused-ring (bicyclic) bond motifs is 1. The van der Waals surface area contributed by atoms with Gasteiger partial charge in [-0.1, -0.05) is 11.6 Å². The minimum absolute atomic E-state index is 0.0630. The summed E-state index contributed by atoms with van der Waals surface area (Å²) in [7, 11) is 0. The maximum Gasteiger partial charge on any atom is 0.241 e. The molecule has 0 radical (unpaired) electrons. The molecule has 4 rings (SSSR count). The van der Waals surface area contributed by atoms with E-state index >= 15 is 0 Å². The summed E-state index contributed by atoms with van der Waals surface area (Å²) >= 11 is 5.89. The van der Waals surface area contributed by atoms with Crippen LogP contribution in [0.15, 0.2) is 36.4 Å². The summed E-state index contributed by atoms with van der Waals surface area (Å²) in [5.41, 5.74) is 0.679. The van der Waals surface area contributed by atoms with Crippen LogP contribution in [0.1, 0.15) is 30.1 Å². The molecule has 1 atom stereocenters. The summed E-state index contributed by atoms with van der Waals surface area (Å²) < 4.78 is 25.0. The van der Waals surface area contributed by atoms with Gasteiger partial charge < -0.3 is 14.8 Å². The fourth-order valence-electron chi connectivity index (χ4n) is 3.98. The molecule has 0 spiro atoms. The van der Waals surface area contributed by atoms with Crippen molar-refractivity contribution in [2.45, 2.75) is 25.8 Å². The molecule has 1 amide bonds. The predicted molar refractivity (Wildman–Crippen MR) is 116 cm³/mol. The number of ether oxygens (including phenoxy) is 2. The Hall–Kier alpha value is -2.64. The van der Waals surface area contributed by atoms with E-state index in [0.717, 1.165) is 0 Å². The Kier molecular flexibility index (Phi) is 6.43.